The van der Waals surface area contributed by atoms with E-state index < -0.39 is 0 Å². The molecule has 1 aromatic rings. The van der Waals surface area contributed by atoms with E-state index in [1.807, 2.05) is 29.2 Å². The molecular formula is C19H27N3O3. The highest BCUT2D eigenvalue weighted by Gasteiger charge is 2.43. The minimum absolute atomic E-state index is 0.1000. The van der Waals surface area contributed by atoms with Gasteiger partial charge in [-0.2, -0.15) is 0 Å². The molecule has 2 atom stereocenters. The lowest BCUT2D eigenvalue weighted by Crippen LogP contribution is -2.49. The topological polar surface area (TPSA) is 61.9 Å². The van der Waals surface area contributed by atoms with Gasteiger partial charge in [-0.05, 0) is 30.0 Å². The third-order valence-electron chi connectivity index (χ3n) is 5.22. The smallest absolute Gasteiger partial charge is 0.223 e. The first kappa shape index (κ1) is 17.7. The Morgan fingerprint density at radius 2 is 1.84 bits per heavy atom. The molecule has 1 N–H and O–H groups in total. The van der Waals surface area contributed by atoms with Gasteiger partial charge in [-0.1, -0.05) is 12.1 Å². The zero-order valence-electron chi connectivity index (χ0n) is 15.0. The number of amides is 2. The van der Waals surface area contributed by atoms with Crippen molar-refractivity contribution in [2.45, 2.75) is 19.3 Å². The second-order valence-corrected chi connectivity index (χ2v) is 6.86. The normalized spacial score (nSPS) is 23.2. The van der Waals surface area contributed by atoms with Crippen molar-refractivity contribution in [3.63, 3.8) is 0 Å². The van der Waals surface area contributed by atoms with E-state index in [1.54, 1.807) is 14.0 Å². The number of benzene rings is 1. The molecule has 6 nitrogen and oxygen atoms in total. The standard InChI is InChI=1S/C19H27N3O3/c1-14(23)22-11-9-21(10-12-22)8-7-20-19(24)18-13-17(18)15-3-5-16(25-2)6-4-15/h3-6,17-18H,7-13H2,1-2H3,(H,20,24)/t17-,18-/m0/s1. The van der Waals surface area contributed by atoms with Gasteiger partial charge >= 0.3 is 0 Å². The number of piperazine rings is 1. The molecule has 0 aromatic heterocycles. The van der Waals surface area contributed by atoms with Crippen LogP contribution >= 0.6 is 0 Å². The van der Waals surface area contributed by atoms with E-state index in [2.05, 4.69) is 10.2 Å². The van der Waals surface area contributed by atoms with Crippen LogP contribution in [0, 0.1) is 5.92 Å². The summed E-state index contributed by atoms with van der Waals surface area (Å²) in [6.45, 7) is 6.46. The van der Waals surface area contributed by atoms with Gasteiger partial charge in [-0.3, -0.25) is 14.5 Å². The van der Waals surface area contributed by atoms with E-state index >= 15 is 0 Å². The lowest BCUT2D eigenvalue weighted by molar-refractivity contribution is -0.130. The van der Waals surface area contributed by atoms with Crippen LogP contribution in [0.5, 0.6) is 5.75 Å². The second-order valence-electron chi connectivity index (χ2n) is 6.86. The van der Waals surface area contributed by atoms with Gasteiger partial charge in [0.05, 0.1) is 7.11 Å². The highest BCUT2D eigenvalue weighted by Crippen LogP contribution is 2.47. The number of hydrogen-bond donors (Lipinski definition) is 1. The Bertz CT molecular complexity index is 609. The van der Waals surface area contributed by atoms with Gasteiger partial charge in [0.2, 0.25) is 11.8 Å². The minimum Gasteiger partial charge on any atom is -0.497 e. The number of carbonyl (C=O) groups excluding carboxylic acids is 2. The lowest BCUT2D eigenvalue weighted by Gasteiger charge is -2.34. The molecule has 136 valence electrons. The van der Waals surface area contributed by atoms with E-state index in [0.717, 1.165) is 44.9 Å². The first-order valence-corrected chi connectivity index (χ1v) is 8.98. The molecule has 25 heavy (non-hydrogen) atoms. The third-order valence-corrected chi connectivity index (χ3v) is 5.22. The number of nitrogens with one attached hydrogen (secondary N) is 1. The molecule has 1 aliphatic heterocycles. The maximum absolute atomic E-state index is 12.3. The molecule has 6 heteroatoms. The Hall–Kier alpha value is -2.08. The molecule has 1 aromatic carbocycles. The number of nitrogens with zero attached hydrogens (tertiary/aromatic N) is 2. The summed E-state index contributed by atoms with van der Waals surface area (Å²) in [4.78, 5) is 27.8. The quantitative estimate of drug-likeness (QED) is 0.838. The molecule has 1 saturated carbocycles. The summed E-state index contributed by atoms with van der Waals surface area (Å²) < 4.78 is 5.17. The molecule has 2 amide bonds. The summed E-state index contributed by atoms with van der Waals surface area (Å²) in [5.41, 5.74) is 1.21. The average molecular weight is 345 g/mol. The van der Waals surface area contributed by atoms with Crippen molar-refractivity contribution in [2.75, 3.05) is 46.4 Å². The van der Waals surface area contributed by atoms with E-state index in [1.165, 1.54) is 5.56 Å². The zero-order chi connectivity index (χ0) is 17.8. The Morgan fingerprint density at radius 1 is 1.16 bits per heavy atom. The monoisotopic (exact) mass is 345 g/mol. The average Bonchev–Trinajstić information content (AvgIpc) is 3.43. The molecule has 0 unspecified atom stereocenters. The van der Waals surface area contributed by atoms with E-state index in [9.17, 15) is 9.59 Å². The highest BCUT2D eigenvalue weighted by atomic mass is 16.5. The van der Waals surface area contributed by atoms with Crippen LogP contribution in [0.4, 0.5) is 0 Å². The summed E-state index contributed by atoms with van der Waals surface area (Å²) in [7, 11) is 1.66. The molecule has 1 heterocycles. The third kappa shape index (κ3) is 4.51. The van der Waals surface area contributed by atoms with E-state index in [-0.39, 0.29) is 17.7 Å². The van der Waals surface area contributed by atoms with Gasteiger partial charge in [0.1, 0.15) is 5.75 Å². The van der Waals surface area contributed by atoms with Crippen LogP contribution in [0.2, 0.25) is 0 Å². The molecular weight excluding hydrogens is 318 g/mol. The fraction of sp³-hybridized carbons (Fsp3) is 0.579. The van der Waals surface area contributed by atoms with Crippen molar-refractivity contribution in [2.24, 2.45) is 5.92 Å². The van der Waals surface area contributed by atoms with Crippen LogP contribution in [-0.4, -0.2) is 68.0 Å². The molecule has 0 spiro atoms. The fourth-order valence-electron chi connectivity index (χ4n) is 3.46. The van der Waals surface area contributed by atoms with E-state index in [4.69, 9.17) is 4.74 Å². The largest absolute Gasteiger partial charge is 0.497 e. The molecule has 3 rings (SSSR count). The predicted molar refractivity (Wildman–Crippen MR) is 95.5 cm³/mol. The molecule has 1 aliphatic carbocycles. The lowest BCUT2D eigenvalue weighted by atomic mass is 10.1. The number of carbonyl (C=O) groups is 2. The van der Waals surface area contributed by atoms with Crippen molar-refractivity contribution in [1.82, 2.24) is 15.1 Å². The first-order chi connectivity index (χ1) is 12.1. The van der Waals surface area contributed by atoms with Crippen LogP contribution in [-0.2, 0) is 9.59 Å². The summed E-state index contributed by atoms with van der Waals surface area (Å²) in [6, 6.07) is 7.99. The van der Waals surface area contributed by atoms with Crippen LogP contribution < -0.4 is 10.1 Å². The molecule has 2 fully saturated rings. The summed E-state index contributed by atoms with van der Waals surface area (Å²) in [5.74, 6) is 1.58. The zero-order valence-corrected chi connectivity index (χ0v) is 15.0. The summed E-state index contributed by atoms with van der Waals surface area (Å²) >= 11 is 0. The number of hydrogen-bond acceptors (Lipinski definition) is 4. The van der Waals surface area contributed by atoms with E-state index in [0.29, 0.717) is 12.5 Å². The number of rotatable bonds is 6. The molecule has 2 aliphatic rings. The van der Waals surface area contributed by atoms with Gasteiger partial charge in [-0.15, -0.1) is 0 Å². The molecule has 0 radical (unpaired) electrons. The maximum atomic E-state index is 12.3. The van der Waals surface area contributed by atoms with Gasteiger partial charge in [0.15, 0.2) is 0 Å². The summed E-state index contributed by atoms with van der Waals surface area (Å²) in [6.07, 6.45) is 0.926. The Morgan fingerprint density at radius 3 is 2.44 bits per heavy atom. The fourth-order valence-corrected chi connectivity index (χ4v) is 3.46. The number of methoxy groups -OCH3 is 1. The number of ether oxygens (including phenoxy) is 1. The van der Waals surface area contributed by atoms with Gasteiger partial charge in [-0.25, -0.2) is 0 Å². The Labute approximate surface area is 149 Å². The van der Waals surface area contributed by atoms with Gasteiger partial charge < -0.3 is 15.0 Å². The van der Waals surface area contributed by atoms with Crippen molar-refractivity contribution in [3.8, 4) is 5.75 Å². The minimum atomic E-state index is 0.1000. The van der Waals surface area contributed by atoms with Crippen molar-refractivity contribution in [1.29, 1.82) is 0 Å². The van der Waals surface area contributed by atoms with Crippen molar-refractivity contribution >= 4 is 11.8 Å². The SMILES string of the molecule is COc1ccc([C@@H]2C[C@@H]2C(=O)NCCN2CCN(C(C)=O)CC2)cc1. The highest BCUT2D eigenvalue weighted by molar-refractivity contribution is 5.82. The molecule has 0 bridgehead atoms. The Kier molecular flexibility index (Phi) is 5.58. The maximum Gasteiger partial charge on any atom is 0.223 e. The van der Waals surface area contributed by atoms with Crippen molar-refractivity contribution in [3.05, 3.63) is 29.8 Å². The first-order valence-electron chi connectivity index (χ1n) is 8.98. The summed E-state index contributed by atoms with van der Waals surface area (Å²) in [5, 5.41) is 3.06. The van der Waals surface area contributed by atoms with Crippen molar-refractivity contribution < 1.29 is 14.3 Å². The van der Waals surface area contributed by atoms with Crippen LogP contribution in [0.15, 0.2) is 24.3 Å². The van der Waals surface area contributed by atoms with Crippen LogP contribution in [0.1, 0.15) is 24.8 Å². The van der Waals surface area contributed by atoms with Gasteiger partial charge in [0, 0.05) is 52.1 Å². The predicted octanol–water partition coefficient (Wildman–Crippen LogP) is 1.08. The Balaban J connectivity index is 1.36. The van der Waals surface area contributed by atoms with Crippen LogP contribution in [0.25, 0.3) is 0 Å². The molecule has 1 saturated heterocycles. The van der Waals surface area contributed by atoms with Gasteiger partial charge in [0.25, 0.3) is 0 Å². The second kappa shape index (κ2) is 7.87. The van der Waals surface area contributed by atoms with Crippen LogP contribution in [0.3, 0.4) is 0 Å².